The minimum Gasteiger partial charge on any atom is -0.495 e. The molecule has 4 nitrogen and oxygen atoms in total. The number of hydrogen-bond acceptors (Lipinski definition) is 4. The molecule has 0 amide bonds. The molecule has 0 unspecified atom stereocenters. The average molecular weight is 229 g/mol. The maximum atomic E-state index is 11.0. The highest BCUT2D eigenvalue weighted by atomic mass is 16.5. The zero-order valence-electron chi connectivity index (χ0n) is 9.61. The maximum absolute atomic E-state index is 11.0. The van der Waals surface area contributed by atoms with Crippen LogP contribution in [0.1, 0.15) is 18.1 Å². The normalized spacial score (nSPS) is 8.53. The minimum atomic E-state index is -0.582. The van der Waals surface area contributed by atoms with Crippen molar-refractivity contribution in [3.05, 3.63) is 29.3 Å². The van der Waals surface area contributed by atoms with Crippen molar-refractivity contribution < 1.29 is 14.3 Å². The van der Waals surface area contributed by atoms with Gasteiger partial charge in [0.25, 0.3) is 0 Å². The van der Waals surface area contributed by atoms with E-state index in [2.05, 4.69) is 16.6 Å². The Bertz CT molecular complexity index is 518. The van der Waals surface area contributed by atoms with E-state index < -0.39 is 5.97 Å². The van der Waals surface area contributed by atoms with E-state index in [1.807, 2.05) is 6.07 Å². The van der Waals surface area contributed by atoms with Crippen molar-refractivity contribution in [3.63, 3.8) is 0 Å². The van der Waals surface area contributed by atoms with Gasteiger partial charge in [-0.05, 0) is 25.1 Å². The third-order valence-corrected chi connectivity index (χ3v) is 1.90. The van der Waals surface area contributed by atoms with Crippen molar-refractivity contribution in [2.24, 2.45) is 0 Å². The number of esters is 1. The fourth-order valence-electron chi connectivity index (χ4n) is 1.16. The predicted octanol–water partition coefficient (Wildman–Crippen LogP) is 1.48. The molecule has 0 aliphatic rings. The molecule has 1 aromatic rings. The van der Waals surface area contributed by atoms with Gasteiger partial charge >= 0.3 is 5.97 Å². The van der Waals surface area contributed by atoms with Crippen LogP contribution in [-0.2, 0) is 9.53 Å². The van der Waals surface area contributed by atoms with Crippen LogP contribution >= 0.6 is 0 Å². The highest BCUT2D eigenvalue weighted by molar-refractivity contribution is 5.89. The summed E-state index contributed by atoms with van der Waals surface area (Å²) < 4.78 is 9.66. The number of ether oxygens (including phenoxy) is 2. The zero-order chi connectivity index (χ0) is 12.7. The Hall–Kier alpha value is -2.46. The molecule has 1 aromatic carbocycles. The van der Waals surface area contributed by atoms with Gasteiger partial charge in [0.05, 0.1) is 19.3 Å². The van der Waals surface area contributed by atoms with Gasteiger partial charge in [-0.2, -0.15) is 5.26 Å². The molecule has 4 heteroatoms. The Morgan fingerprint density at radius 3 is 2.82 bits per heavy atom. The molecule has 0 aliphatic carbocycles. The number of carbonyl (C=O) groups excluding carboxylic acids is 1. The molecule has 0 saturated heterocycles. The molecule has 86 valence electrons. The maximum Gasteiger partial charge on any atom is 0.384 e. The first kappa shape index (κ1) is 12.6. The summed E-state index contributed by atoms with van der Waals surface area (Å²) >= 11 is 0. The first-order chi connectivity index (χ1) is 8.21. The van der Waals surface area contributed by atoms with E-state index >= 15 is 0 Å². The van der Waals surface area contributed by atoms with E-state index in [0.29, 0.717) is 23.5 Å². The number of nitrogens with zero attached hydrogens (tertiary/aromatic N) is 1. The number of nitriles is 1. The van der Waals surface area contributed by atoms with E-state index in [4.69, 9.17) is 10.00 Å². The Labute approximate surface area is 99.8 Å². The van der Waals surface area contributed by atoms with Gasteiger partial charge in [0.1, 0.15) is 11.8 Å². The standard InChI is InChI=1S/C13H11NO3/c1-3-17-13(15)7-5-10-4-6-12(16-2)11(8-10)9-14/h4,6,8H,3H2,1-2H3. The third-order valence-electron chi connectivity index (χ3n) is 1.90. The largest absolute Gasteiger partial charge is 0.495 e. The monoisotopic (exact) mass is 229 g/mol. The molecule has 0 spiro atoms. The predicted molar refractivity (Wildman–Crippen MR) is 61.2 cm³/mol. The van der Waals surface area contributed by atoms with Gasteiger partial charge in [0.15, 0.2) is 0 Å². The molecule has 1 rings (SSSR count). The van der Waals surface area contributed by atoms with Crippen LogP contribution in [0.15, 0.2) is 18.2 Å². The first-order valence-electron chi connectivity index (χ1n) is 4.98. The molecule has 0 atom stereocenters. The van der Waals surface area contributed by atoms with Crippen LogP contribution in [0, 0.1) is 23.2 Å². The molecule has 0 aliphatic heterocycles. The highest BCUT2D eigenvalue weighted by Crippen LogP contribution is 2.18. The average Bonchev–Trinajstić information content (AvgIpc) is 2.36. The molecular weight excluding hydrogens is 218 g/mol. The second kappa shape index (κ2) is 6.19. The molecule has 0 N–H and O–H groups in total. The number of hydrogen-bond donors (Lipinski definition) is 0. The van der Waals surface area contributed by atoms with Gasteiger partial charge in [-0.15, -0.1) is 0 Å². The summed E-state index contributed by atoms with van der Waals surface area (Å²) in [4.78, 5) is 11.0. The lowest BCUT2D eigenvalue weighted by atomic mass is 10.1. The summed E-state index contributed by atoms with van der Waals surface area (Å²) in [6.45, 7) is 2.00. The van der Waals surface area contributed by atoms with Crippen LogP contribution in [0.3, 0.4) is 0 Å². The van der Waals surface area contributed by atoms with Crippen molar-refractivity contribution in [2.45, 2.75) is 6.92 Å². The molecule has 0 heterocycles. The SMILES string of the molecule is CCOC(=O)C#Cc1ccc(OC)c(C#N)c1. The fourth-order valence-corrected chi connectivity index (χ4v) is 1.16. The van der Waals surface area contributed by atoms with E-state index in [1.165, 1.54) is 7.11 Å². The van der Waals surface area contributed by atoms with Gasteiger partial charge in [-0.3, -0.25) is 0 Å². The van der Waals surface area contributed by atoms with Gasteiger partial charge in [-0.1, -0.05) is 5.92 Å². The Balaban J connectivity index is 2.94. The lowest BCUT2D eigenvalue weighted by Gasteiger charge is -2.01. The van der Waals surface area contributed by atoms with E-state index in [9.17, 15) is 4.79 Å². The topological polar surface area (TPSA) is 59.3 Å². The first-order valence-corrected chi connectivity index (χ1v) is 4.98. The van der Waals surface area contributed by atoms with Gasteiger partial charge in [-0.25, -0.2) is 4.79 Å². The number of rotatable bonds is 2. The van der Waals surface area contributed by atoms with Crippen molar-refractivity contribution in [1.29, 1.82) is 5.26 Å². The summed E-state index contributed by atoms with van der Waals surface area (Å²) in [5, 5.41) is 8.87. The number of methoxy groups -OCH3 is 1. The van der Waals surface area contributed by atoms with Crippen molar-refractivity contribution >= 4 is 5.97 Å². The molecule has 0 fully saturated rings. The van der Waals surface area contributed by atoms with Crippen LogP contribution < -0.4 is 4.74 Å². The zero-order valence-corrected chi connectivity index (χ0v) is 9.61. The number of benzene rings is 1. The van der Waals surface area contributed by atoms with Crippen LogP contribution in [0.5, 0.6) is 5.75 Å². The Morgan fingerprint density at radius 1 is 1.47 bits per heavy atom. The second-order valence-corrected chi connectivity index (χ2v) is 3.00. The Kier molecular flexibility index (Phi) is 4.59. The van der Waals surface area contributed by atoms with Crippen molar-refractivity contribution in [3.8, 4) is 23.7 Å². The van der Waals surface area contributed by atoms with Crippen LogP contribution in [0.25, 0.3) is 0 Å². The molecule has 17 heavy (non-hydrogen) atoms. The van der Waals surface area contributed by atoms with Crippen LogP contribution in [0.4, 0.5) is 0 Å². The molecule has 0 bridgehead atoms. The smallest absolute Gasteiger partial charge is 0.384 e. The number of carbonyl (C=O) groups is 1. The van der Waals surface area contributed by atoms with E-state index in [1.54, 1.807) is 25.1 Å². The molecule has 0 saturated carbocycles. The highest BCUT2D eigenvalue weighted by Gasteiger charge is 2.02. The van der Waals surface area contributed by atoms with E-state index in [0.717, 1.165) is 0 Å². The molecular formula is C13H11NO3. The lowest BCUT2D eigenvalue weighted by molar-refractivity contribution is -0.136. The summed E-state index contributed by atoms with van der Waals surface area (Å²) in [5.41, 5.74) is 0.943. The Morgan fingerprint density at radius 2 is 2.24 bits per heavy atom. The summed E-state index contributed by atoms with van der Waals surface area (Å²) in [6.07, 6.45) is 0. The summed E-state index contributed by atoms with van der Waals surface area (Å²) in [7, 11) is 1.49. The van der Waals surface area contributed by atoms with Crippen LogP contribution in [0.2, 0.25) is 0 Å². The van der Waals surface area contributed by atoms with Crippen molar-refractivity contribution in [1.82, 2.24) is 0 Å². The van der Waals surface area contributed by atoms with Crippen LogP contribution in [-0.4, -0.2) is 19.7 Å². The fraction of sp³-hybridized carbons (Fsp3) is 0.231. The summed E-state index contributed by atoms with van der Waals surface area (Å²) in [5.74, 6) is 4.85. The molecule has 0 aromatic heterocycles. The second-order valence-electron chi connectivity index (χ2n) is 3.00. The van der Waals surface area contributed by atoms with Gasteiger partial charge < -0.3 is 9.47 Å². The van der Waals surface area contributed by atoms with Gasteiger partial charge in [0, 0.05) is 11.5 Å². The summed E-state index contributed by atoms with van der Waals surface area (Å²) in [6, 6.07) is 6.86. The minimum absolute atomic E-state index is 0.291. The van der Waals surface area contributed by atoms with Crippen molar-refractivity contribution in [2.75, 3.05) is 13.7 Å². The lowest BCUT2D eigenvalue weighted by Crippen LogP contribution is -1.99. The van der Waals surface area contributed by atoms with Gasteiger partial charge in [0.2, 0.25) is 0 Å². The molecule has 0 radical (unpaired) electrons. The van der Waals surface area contributed by atoms with E-state index in [-0.39, 0.29) is 0 Å². The quantitative estimate of drug-likeness (QED) is 0.569. The third kappa shape index (κ3) is 3.55.